The van der Waals surface area contributed by atoms with E-state index in [2.05, 4.69) is 15.3 Å². The average Bonchev–Trinajstić information content (AvgIpc) is 2.99. The molecule has 0 saturated heterocycles. The van der Waals surface area contributed by atoms with Gasteiger partial charge in [0.2, 0.25) is 0 Å². The van der Waals surface area contributed by atoms with Gasteiger partial charge in [-0.05, 0) is 6.07 Å². The van der Waals surface area contributed by atoms with Gasteiger partial charge in [0.15, 0.2) is 5.75 Å². The molecule has 2 aromatic rings. The normalized spacial score (nSPS) is 10.1. The van der Waals surface area contributed by atoms with Crippen molar-refractivity contribution in [1.82, 2.24) is 15.3 Å². The minimum atomic E-state index is -0.558. The van der Waals surface area contributed by atoms with Crippen LogP contribution in [0.2, 0.25) is 0 Å². The molecule has 2 N–H and O–H groups in total. The van der Waals surface area contributed by atoms with Crippen LogP contribution < -0.4 is 10.1 Å². The lowest BCUT2D eigenvalue weighted by Gasteiger charge is -2.06. The van der Waals surface area contributed by atoms with Crippen LogP contribution in [0.1, 0.15) is 16.2 Å². The van der Waals surface area contributed by atoms with Crippen molar-refractivity contribution in [1.29, 1.82) is 0 Å². The van der Waals surface area contributed by atoms with Crippen molar-refractivity contribution in [3.63, 3.8) is 0 Å². The highest BCUT2D eigenvalue weighted by Crippen LogP contribution is 2.27. The fourth-order valence-corrected chi connectivity index (χ4v) is 1.80. The van der Waals surface area contributed by atoms with Gasteiger partial charge >= 0.3 is 5.69 Å². The molecular weight excluding hydrogens is 276 g/mol. The van der Waals surface area contributed by atoms with Gasteiger partial charge in [-0.3, -0.25) is 14.9 Å². The maximum atomic E-state index is 12.0. The Morgan fingerprint density at radius 1 is 1.52 bits per heavy atom. The summed E-state index contributed by atoms with van der Waals surface area (Å²) in [5, 5.41) is 13.5. The Bertz CT molecular complexity index is 640. The number of hydrogen-bond donors (Lipinski definition) is 2. The van der Waals surface area contributed by atoms with Crippen molar-refractivity contribution in [2.24, 2.45) is 0 Å². The molecule has 1 amide bonds. The fourth-order valence-electron chi connectivity index (χ4n) is 1.80. The molecule has 21 heavy (non-hydrogen) atoms. The van der Waals surface area contributed by atoms with Crippen LogP contribution in [0.25, 0.3) is 0 Å². The van der Waals surface area contributed by atoms with Gasteiger partial charge in [0.05, 0.1) is 12.0 Å². The first-order chi connectivity index (χ1) is 10.1. The summed E-state index contributed by atoms with van der Waals surface area (Å²) < 4.78 is 4.92. The van der Waals surface area contributed by atoms with Crippen LogP contribution in [-0.4, -0.2) is 34.5 Å². The number of benzene rings is 1. The third kappa shape index (κ3) is 3.56. The van der Waals surface area contributed by atoms with E-state index in [1.807, 2.05) is 0 Å². The summed E-state index contributed by atoms with van der Waals surface area (Å²) in [4.78, 5) is 29.2. The number of amides is 1. The molecule has 1 aromatic carbocycles. The Balaban J connectivity index is 2.00. The lowest BCUT2D eigenvalue weighted by Crippen LogP contribution is -2.26. The third-order valence-electron chi connectivity index (χ3n) is 2.84. The molecule has 0 aliphatic carbocycles. The van der Waals surface area contributed by atoms with E-state index in [-0.39, 0.29) is 17.3 Å². The molecule has 0 unspecified atom stereocenters. The zero-order valence-electron chi connectivity index (χ0n) is 11.3. The topological polar surface area (TPSA) is 110 Å². The standard InChI is InChI=1S/C13H14N4O4/c1-21-11-8-9(2-3-10(11)17(19)20)13(18)16-5-4-12-14-6-7-15-12/h2-3,6-8H,4-5H2,1H3,(H,14,15)(H,16,18). The number of ether oxygens (including phenoxy) is 1. The molecule has 1 aromatic heterocycles. The molecule has 0 radical (unpaired) electrons. The summed E-state index contributed by atoms with van der Waals surface area (Å²) in [7, 11) is 1.32. The van der Waals surface area contributed by atoms with Gasteiger partial charge in [0.25, 0.3) is 5.91 Å². The van der Waals surface area contributed by atoms with Crippen LogP contribution in [0.4, 0.5) is 5.69 Å². The van der Waals surface area contributed by atoms with E-state index in [0.29, 0.717) is 18.5 Å². The number of hydrogen-bond acceptors (Lipinski definition) is 5. The monoisotopic (exact) mass is 290 g/mol. The molecule has 0 saturated carbocycles. The van der Waals surface area contributed by atoms with E-state index in [1.165, 1.54) is 25.3 Å². The van der Waals surface area contributed by atoms with Crippen LogP contribution >= 0.6 is 0 Å². The van der Waals surface area contributed by atoms with E-state index >= 15 is 0 Å². The average molecular weight is 290 g/mol. The number of nitro groups is 1. The SMILES string of the molecule is COc1cc(C(=O)NCCc2ncc[nH]2)ccc1[N+](=O)[O-]. The van der Waals surface area contributed by atoms with E-state index in [1.54, 1.807) is 12.4 Å². The van der Waals surface area contributed by atoms with Crippen LogP contribution in [0.15, 0.2) is 30.6 Å². The van der Waals surface area contributed by atoms with Gasteiger partial charge < -0.3 is 15.0 Å². The molecule has 0 aliphatic rings. The van der Waals surface area contributed by atoms with Gasteiger partial charge in [-0.25, -0.2) is 4.98 Å². The molecule has 0 atom stereocenters. The summed E-state index contributed by atoms with van der Waals surface area (Å²) >= 11 is 0. The van der Waals surface area contributed by atoms with Crippen molar-refractivity contribution < 1.29 is 14.5 Å². The summed E-state index contributed by atoms with van der Waals surface area (Å²) in [6, 6.07) is 3.99. The number of nitrogens with zero attached hydrogens (tertiary/aromatic N) is 2. The lowest BCUT2D eigenvalue weighted by atomic mass is 10.1. The summed E-state index contributed by atoms with van der Waals surface area (Å²) in [5.74, 6) is 0.505. The van der Waals surface area contributed by atoms with E-state index in [0.717, 1.165) is 5.82 Å². The number of methoxy groups -OCH3 is 1. The first-order valence-electron chi connectivity index (χ1n) is 6.20. The highest BCUT2D eigenvalue weighted by Gasteiger charge is 2.17. The molecule has 1 heterocycles. The molecule has 8 nitrogen and oxygen atoms in total. The Labute approximate surface area is 120 Å². The number of carbonyl (C=O) groups is 1. The highest BCUT2D eigenvalue weighted by atomic mass is 16.6. The predicted octanol–water partition coefficient (Wildman–Crippen LogP) is 1.30. The number of nitro benzene ring substituents is 1. The molecular formula is C13H14N4O4. The number of nitrogens with one attached hydrogen (secondary N) is 2. The molecule has 0 spiro atoms. The van der Waals surface area contributed by atoms with Crippen molar-refractivity contribution in [3.8, 4) is 5.75 Å². The second-order valence-corrected chi connectivity index (χ2v) is 4.19. The number of aromatic amines is 1. The lowest BCUT2D eigenvalue weighted by molar-refractivity contribution is -0.385. The third-order valence-corrected chi connectivity index (χ3v) is 2.84. The number of H-pyrrole nitrogens is 1. The first kappa shape index (κ1) is 14.5. The van der Waals surface area contributed by atoms with E-state index < -0.39 is 4.92 Å². The fraction of sp³-hybridized carbons (Fsp3) is 0.231. The first-order valence-corrected chi connectivity index (χ1v) is 6.20. The second-order valence-electron chi connectivity index (χ2n) is 4.19. The number of carbonyl (C=O) groups excluding carboxylic acids is 1. The molecule has 0 aliphatic heterocycles. The minimum absolute atomic E-state index is 0.0543. The van der Waals surface area contributed by atoms with E-state index in [4.69, 9.17) is 4.74 Å². The Kier molecular flexibility index (Phi) is 4.50. The maximum Gasteiger partial charge on any atom is 0.310 e. The van der Waals surface area contributed by atoms with Crippen LogP contribution in [0, 0.1) is 10.1 Å². The van der Waals surface area contributed by atoms with Gasteiger partial charge in [-0.2, -0.15) is 0 Å². The summed E-state index contributed by atoms with van der Waals surface area (Å²) in [6.07, 6.45) is 3.92. The number of rotatable bonds is 6. The largest absolute Gasteiger partial charge is 0.490 e. The van der Waals surface area contributed by atoms with Crippen molar-refractivity contribution in [2.75, 3.05) is 13.7 Å². The Morgan fingerprint density at radius 3 is 2.95 bits per heavy atom. The van der Waals surface area contributed by atoms with Crippen molar-refractivity contribution >= 4 is 11.6 Å². The summed E-state index contributed by atoms with van der Waals surface area (Å²) in [6.45, 7) is 0.408. The smallest absolute Gasteiger partial charge is 0.310 e. The Hall–Kier alpha value is -2.90. The predicted molar refractivity (Wildman–Crippen MR) is 74.3 cm³/mol. The quantitative estimate of drug-likeness (QED) is 0.615. The molecule has 2 rings (SSSR count). The number of imidazole rings is 1. The van der Waals surface area contributed by atoms with Crippen LogP contribution in [0.5, 0.6) is 5.75 Å². The molecule has 0 fully saturated rings. The Morgan fingerprint density at radius 2 is 2.33 bits per heavy atom. The van der Waals surface area contributed by atoms with Crippen LogP contribution in [-0.2, 0) is 6.42 Å². The maximum absolute atomic E-state index is 12.0. The van der Waals surface area contributed by atoms with Gasteiger partial charge in [-0.15, -0.1) is 0 Å². The number of aromatic nitrogens is 2. The highest BCUT2D eigenvalue weighted by molar-refractivity contribution is 5.95. The van der Waals surface area contributed by atoms with Gasteiger partial charge in [-0.1, -0.05) is 0 Å². The molecule has 8 heteroatoms. The zero-order valence-corrected chi connectivity index (χ0v) is 11.3. The zero-order chi connectivity index (χ0) is 15.2. The van der Waals surface area contributed by atoms with Crippen molar-refractivity contribution in [3.05, 3.63) is 52.1 Å². The molecule has 0 bridgehead atoms. The van der Waals surface area contributed by atoms with Crippen molar-refractivity contribution in [2.45, 2.75) is 6.42 Å². The summed E-state index contributed by atoms with van der Waals surface area (Å²) in [5.41, 5.74) is 0.126. The minimum Gasteiger partial charge on any atom is -0.490 e. The van der Waals surface area contributed by atoms with E-state index in [9.17, 15) is 14.9 Å². The van der Waals surface area contributed by atoms with Gasteiger partial charge in [0.1, 0.15) is 5.82 Å². The van der Waals surface area contributed by atoms with Crippen LogP contribution in [0.3, 0.4) is 0 Å². The second kappa shape index (κ2) is 6.51. The van der Waals surface area contributed by atoms with Gasteiger partial charge in [0, 0.05) is 43.1 Å². The molecule has 110 valence electrons.